The third-order valence-electron chi connectivity index (χ3n) is 3.77. The summed E-state index contributed by atoms with van der Waals surface area (Å²) in [4.78, 5) is 23.9. The summed E-state index contributed by atoms with van der Waals surface area (Å²) in [6.45, 7) is 1.93. The van der Waals surface area contributed by atoms with E-state index in [9.17, 15) is 9.59 Å². The molecule has 0 aliphatic heterocycles. The van der Waals surface area contributed by atoms with Crippen LogP contribution in [-0.4, -0.2) is 24.0 Å². The highest BCUT2D eigenvalue weighted by molar-refractivity contribution is 7.80. The van der Waals surface area contributed by atoms with Gasteiger partial charge < -0.3 is 15.4 Å². The highest BCUT2D eigenvalue weighted by Gasteiger charge is 2.08. The zero-order valence-corrected chi connectivity index (χ0v) is 17.7. The lowest BCUT2D eigenvalue weighted by Crippen LogP contribution is -2.32. The van der Waals surface area contributed by atoms with Gasteiger partial charge in [-0.2, -0.15) is 0 Å². The lowest BCUT2D eigenvalue weighted by molar-refractivity contribution is -0.116. The molecule has 0 radical (unpaired) electrons. The molecule has 0 fully saturated rings. The molecule has 0 saturated carbocycles. The van der Waals surface area contributed by atoms with E-state index in [-0.39, 0.29) is 11.0 Å². The second-order valence-electron chi connectivity index (χ2n) is 6.01. The summed E-state index contributed by atoms with van der Waals surface area (Å²) in [5.74, 6) is 0.168. The number of carbonyl (C=O) groups is 2. The van der Waals surface area contributed by atoms with E-state index < -0.39 is 5.91 Å². The van der Waals surface area contributed by atoms with Gasteiger partial charge >= 0.3 is 0 Å². The first-order valence-corrected chi connectivity index (χ1v) is 9.74. The number of nitrogens with one attached hydrogen (secondary N) is 3. The molecule has 152 valence electrons. The maximum Gasteiger partial charge on any atom is 0.250 e. The number of rotatable bonds is 7. The number of carbonyl (C=O) groups excluding carboxylic acids is 2. The topological polar surface area (TPSA) is 79.5 Å². The van der Waals surface area contributed by atoms with Crippen LogP contribution in [0.5, 0.6) is 5.75 Å². The summed E-state index contributed by atoms with van der Waals surface area (Å²) >= 11 is 11.4. The number of anilines is 2. The molecule has 0 aliphatic carbocycles. The molecular formula is C21H22ClN3O3S. The Hall–Kier alpha value is -2.90. The van der Waals surface area contributed by atoms with E-state index in [4.69, 9.17) is 28.6 Å². The first kappa shape index (κ1) is 22.4. The Morgan fingerprint density at radius 3 is 2.66 bits per heavy atom. The maximum absolute atomic E-state index is 12.1. The van der Waals surface area contributed by atoms with Crippen molar-refractivity contribution in [1.82, 2.24) is 5.32 Å². The normalized spacial score (nSPS) is 10.4. The van der Waals surface area contributed by atoms with Crippen LogP contribution in [0, 0.1) is 0 Å². The molecule has 0 spiro atoms. The van der Waals surface area contributed by atoms with Gasteiger partial charge in [0.25, 0.3) is 0 Å². The molecule has 0 bridgehead atoms. The summed E-state index contributed by atoms with van der Waals surface area (Å²) in [5, 5.41) is 8.68. The summed E-state index contributed by atoms with van der Waals surface area (Å²) in [6.07, 6.45) is 4.17. The molecule has 0 aromatic heterocycles. The van der Waals surface area contributed by atoms with Crippen molar-refractivity contribution in [2.24, 2.45) is 0 Å². The van der Waals surface area contributed by atoms with Crippen molar-refractivity contribution in [2.45, 2.75) is 19.8 Å². The van der Waals surface area contributed by atoms with Crippen LogP contribution in [0.25, 0.3) is 6.08 Å². The number of hydrogen-bond acceptors (Lipinski definition) is 4. The zero-order chi connectivity index (χ0) is 21.2. The molecule has 29 heavy (non-hydrogen) atoms. The van der Waals surface area contributed by atoms with Crippen LogP contribution in [0.3, 0.4) is 0 Å². The molecule has 0 heterocycles. The first-order chi connectivity index (χ1) is 13.9. The minimum absolute atomic E-state index is 0.0820. The van der Waals surface area contributed by atoms with Crippen LogP contribution in [0.15, 0.2) is 48.5 Å². The summed E-state index contributed by atoms with van der Waals surface area (Å²) in [6, 6.07) is 12.3. The Kier molecular flexibility index (Phi) is 8.64. The Morgan fingerprint density at radius 1 is 1.17 bits per heavy atom. The molecule has 6 nitrogen and oxygen atoms in total. The zero-order valence-electron chi connectivity index (χ0n) is 16.1. The van der Waals surface area contributed by atoms with E-state index in [2.05, 4.69) is 16.0 Å². The molecule has 8 heteroatoms. The summed E-state index contributed by atoms with van der Waals surface area (Å²) in [5.41, 5.74) is 1.82. The van der Waals surface area contributed by atoms with Gasteiger partial charge in [-0.25, -0.2) is 0 Å². The van der Waals surface area contributed by atoms with Crippen molar-refractivity contribution in [2.75, 3.05) is 17.7 Å². The number of hydrogen-bond donors (Lipinski definition) is 3. The highest BCUT2D eigenvalue weighted by atomic mass is 35.5. The van der Waals surface area contributed by atoms with Gasteiger partial charge in [-0.15, -0.1) is 0 Å². The number of halogens is 1. The fraction of sp³-hybridized carbons (Fsp3) is 0.190. The van der Waals surface area contributed by atoms with E-state index in [1.54, 1.807) is 37.5 Å². The number of para-hydroxylation sites is 1. The SMILES string of the molecule is CCCC(=O)Nc1ccc(Cl)c(NC(=S)NC(=O)/C=C/c2ccccc2OC)c1. The molecule has 0 unspecified atom stereocenters. The van der Waals surface area contributed by atoms with E-state index in [0.717, 1.165) is 12.0 Å². The van der Waals surface area contributed by atoms with Crippen molar-refractivity contribution in [1.29, 1.82) is 0 Å². The van der Waals surface area contributed by atoms with Gasteiger partial charge in [0.15, 0.2) is 5.11 Å². The van der Waals surface area contributed by atoms with Crippen LogP contribution in [-0.2, 0) is 9.59 Å². The Bertz CT molecular complexity index is 931. The van der Waals surface area contributed by atoms with Gasteiger partial charge in [0.05, 0.1) is 17.8 Å². The smallest absolute Gasteiger partial charge is 0.250 e. The number of amides is 2. The van der Waals surface area contributed by atoms with Crippen LogP contribution in [0.4, 0.5) is 11.4 Å². The molecule has 0 atom stereocenters. The highest BCUT2D eigenvalue weighted by Crippen LogP contribution is 2.25. The van der Waals surface area contributed by atoms with Gasteiger partial charge in [-0.05, 0) is 49.0 Å². The standard InChI is InChI=1S/C21H22ClN3O3S/c1-3-6-19(26)23-15-10-11-16(22)17(13-15)24-21(29)25-20(27)12-9-14-7-4-5-8-18(14)28-2/h4-5,7-13H,3,6H2,1-2H3,(H,23,26)(H2,24,25,27,29)/b12-9+. The minimum Gasteiger partial charge on any atom is -0.496 e. The van der Waals surface area contributed by atoms with Crippen molar-refractivity contribution in [3.63, 3.8) is 0 Å². The largest absolute Gasteiger partial charge is 0.496 e. The van der Waals surface area contributed by atoms with E-state index >= 15 is 0 Å². The molecule has 3 N–H and O–H groups in total. The molecule has 2 amide bonds. The monoisotopic (exact) mass is 431 g/mol. The molecule has 0 aliphatic rings. The third kappa shape index (κ3) is 7.21. The Morgan fingerprint density at radius 2 is 1.93 bits per heavy atom. The van der Waals surface area contributed by atoms with Gasteiger partial charge in [0, 0.05) is 23.7 Å². The van der Waals surface area contributed by atoms with Crippen molar-refractivity contribution >= 4 is 58.2 Å². The van der Waals surface area contributed by atoms with Gasteiger partial charge in [0.2, 0.25) is 11.8 Å². The average Bonchev–Trinajstić information content (AvgIpc) is 2.69. The second kappa shape index (κ2) is 11.2. The van der Waals surface area contributed by atoms with E-state index in [1.807, 2.05) is 25.1 Å². The number of ether oxygens (including phenoxy) is 1. The summed E-state index contributed by atoms with van der Waals surface area (Å²) in [7, 11) is 1.56. The number of thiocarbonyl (C=S) groups is 1. The lowest BCUT2D eigenvalue weighted by atomic mass is 10.2. The van der Waals surface area contributed by atoms with E-state index in [0.29, 0.717) is 28.6 Å². The molecule has 2 rings (SSSR count). The predicted octanol–water partition coefficient (Wildman–Crippen LogP) is 4.61. The molecular weight excluding hydrogens is 410 g/mol. The second-order valence-corrected chi connectivity index (χ2v) is 6.83. The third-order valence-corrected chi connectivity index (χ3v) is 4.30. The molecule has 0 saturated heterocycles. The lowest BCUT2D eigenvalue weighted by Gasteiger charge is -2.12. The Balaban J connectivity index is 1.98. The quantitative estimate of drug-likeness (QED) is 0.440. The van der Waals surface area contributed by atoms with Gasteiger partial charge in [0.1, 0.15) is 5.75 Å². The fourth-order valence-corrected chi connectivity index (χ4v) is 2.80. The average molecular weight is 432 g/mol. The minimum atomic E-state index is -0.406. The van der Waals surface area contributed by atoms with E-state index in [1.165, 1.54) is 6.08 Å². The van der Waals surface area contributed by atoms with Crippen LogP contribution >= 0.6 is 23.8 Å². The molecule has 2 aromatic rings. The number of methoxy groups -OCH3 is 1. The van der Waals surface area contributed by atoms with Crippen molar-refractivity contribution < 1.29 is 14.3 Å². The van der Waals surface area contributed by atoms with Crippen LogP contribution in [0.1, 0.15) is 25.3 Å². The predicted molar refractivity (Wildman–Crippen MR) is 121 cm³/mol. The first-order valence-electron chi connectivity index (χ1n) is 8.95. The maximum atomic E-state index is 12.1. The van der Waals surface area contributed by atoms with Gasteiger partial charge in [-0.1, -0.05) is 36.7 Å². The van der Waals surface area contributed by atoms with Gasteiger partial charge in [-0.3, -0.25) is 14.9 Å². The van der Waals surface area contributed by atoms with Crippen molar-refractivity contribution in [3.8, 4) is 5.75 Å². The number of benzene rings is 2. The van der Waals surface area contributed by atoms with Crippen LogP contribution < -0.4 is 20.7 Å². The van der Waals surface area contributed by atoms with Crippen molar-refractivity contribution in [3.05, 3.63) is 59.1 Å². The van der Waals surface area contributed by atoms with Crippen LogP contribution in [0.2, 0.25) is 5.02 Å². The summed E-state index contributed by atoms with van der Waals surface area (Å²) < 4.78 is 5.24. The Labute approximate surface area is 180 Å². The molecule has 2 aromatic carbocycles. The fourth-order valence-electron chi connectivity index (χ4n) is 2.43.